The molecule has 6 nitrogen and oxygen atoms in total. The molecule has 21 heavy (non-hydrogen) atoms. The Labute approximate surface area is 124 Å². The molecule has 1 aliphatic heterocycles. The van der Waals surface area contributed by atoms with E-state index in [1.165, 1.54) is 13.0 Å². The lowest BCUT2D eigenvalue weighted by Gasteiger charge is -2.23. The topological polar surface area (TPSA) is 66.7 Å². The maximum absolute atomic E-state index is 11.6. The van der Waals surface area contributed by atoms with Crippen LogP contribution in [0.5, 0.6) is 0 Å². The summed E-state index contributed by atoms with van der Waals surface area (Å²) in [5.74, 6) is 0.313. The third-order valence-corrected chi connectivity index (χ3v) is 4.02. The summed E-state index contributed by atoms with van der Waals surface area (Å²) in [5, 5.41) is 11.0. The number of hydrogen-bond acceptors (Lipinski definition) is 5. The number of likely N-dealkylation sites (tertiary alicyclic amines) is 1. The van der Waals surface area contributed by atoms with Gasteiger partial charge in [0.25, 0.3) is 5.69 Å². The molecule has 0 radical (unpaired) electrons. The summed E-state index contributed by atoms with van der Waals surface area (Å²) >= 11 is 0. The average Bonchev–Trinajstić information content (AvgIpc) is 2.83. The molecular weight excluding hydrogens is 270 g/mol. The molecule has 114 valence electrons. The van der Waals surface area contributed by atoms with Gasteiger partial charge in [-0.2, -0.15) is 0 Å². The standard InChI is InChI=1S/C15H21N3O3/c1-11(19)14-8-13(4-5-15(14)18(20)21)17(3)10-12-6-7-16(2)9-12/h4-5,8,12H,6-7,9-10H2,1-3H3. The molecule has 1 unspecified atom stereocenters. The van der Waals surface area contributed by atoms with Crippen molar-refractivity contribution in [1.82, 2.24) is 4.90 Å². The third-order valence-electron chi connectivity index (χ3n) is 4.02. The van der Waals surface area contributed by atoms with E-state index in [1.54, 1.807) is 12.1 Å². The number of nitrogens with zero attached hydrogens (tertiary/aromatic N) is 3. The highest BCUT2D eigenvalue weighted by molar-refractivity contribution is 5.99. The summed E-state index contributed by atoms with van der Waals surface area (Å²) in [5.41, 5.74) is 0.897. The average molecular weight is 291 g/mol. The minimum absolute atomic E-state index is 0.125. The molecule has 1 heterocycles. The second kappa shape index (κ2) is 6.22. The molecule has 0 saturated carbocycles. The van der Waals surface area contributed by atoms with Crippen LogP contribution in [0.15, 0.2) is 18.2 Å². The van der Waals surface area contributed by atoms with Crippen molar-refractivity contribution in [3.63, 3.8) is 0 Å². The Morgan fingerprint density at radius 1 is 1.52 bits per heavy atom. The number of nitro groups is 1. The van der Waals surface area contributed by atoms with Gasteiger partial charge in [0.2, 0.25) is 0 Å². The van der Waals surface area contributed by atoms with Crippen LogP contribution in [0.3, 0.4) is 0 Å². The Morgan fingerprint density at radius 2 is 2.24 bits per heavy atom. The van der Waals surface area contributed by atoms with E-state index in [4.69, 9.17) is 0 Å². The van der Waals surface area contributed by atoms with Gasteiger partial charge in [-0.15, -0.1) is 0 Å². The zero-order chi connectivity index (χ0) is 15.6. The van der Waals surface area contributed by atoms with Crippen LogP contribution in [0.1, 0.15) is 23.7 Å². The van der Waals surface area contributed by atoms with Crippen molar-refractivity contribution in [2.24, 2.45) is 5.92 Å². The first kappa shape index (κ1) is 15.4. The van der Waals surface area contributed by atoms with Crippen LogP contribution in [0.4, 0.5) is 11.4 Å². The Kier molecular flexibility index (Phi) is 4.57. The van der Waals surface area contributed by atoms with Gasteiger partial charge >= 0.3 is 0 Å². The van der Waals surface area contributed by atoms with Crippen LogP contribution in [0.2, 0.25) is 0 Å². The first-order valence-electron chi connectivity index (χ1n) is 7.07. The molecule has 0 aromatic heterocycles. The van der Waals surface area contributed by atoms with Crippen molar-refractivity contribution in [3.05, 3.63) is 33.9 Å². The molecule has 0 N–H and O–H groups in total. The highest BCUT2D eigenvalue weighted by Gasteiger charge is 2.23. The molecule has 1 fully saturated rings. The van der Waals surface area contributed by atoms with Crippen LogP contribution in [-0.4, -0.2) is 49.3 Å². The number of Topliss-reactive ketones (excluding diaryl/α,β-unsaturated/α-hetero) is 1. The normalized spacial score (nSPS) is 18.7. The van der Waals surface area contributed by atoms with Gasteiger partial charge in [-0.05, 0) is 45.0 Å². The predicted octanol–water partition coefficient (Wildman–Crippen LogP) is 2.19. The van der Waals surface area contributed by atoms with Gasteiger partial charge in [-0.25, -0.2) is 0 Å². The lowest BCUT2D eigenvalue weighted by Crippen LogP contribution is -2.27. The van der Waals surface area contributed by atoms with Crippen molar-refractivity contribution in [1.29, 1.82) is 0 Å². The predicted molar refractivity (Wildman–Crippen MR) is 82.0 cm³/mol. The van der Waals surface area contributed by atoms with E-state index < -0.39 is 4.92 Å². The van der Waals surface area contributed by atoms with Crippen molar-refractivity contribution >= 4 is 17.2 Å². The van der Waals surface area contributed by atoms with Gasteiger partial charge in [0, 0.05) is 31.9 Å². The van der Waals surface area contributed by atoms with Gasteiger partial charge in [-0.1, -0.05) is 0 Å². The van der Waals surface area contributed by atoms with Gasteiger partial charge in [0.1, 0.15) is 0 Å². The summed E-state index contributed by atoms with van der Waals surface area (Å²) in [6.07, 6.45) is 1.16. The second-order valence-corrected chi connectivity index (χ2v) is 5.81. The molecule has 1 aliphatic rings. The quantitative estimate of drug-likeness (QED) is 0.472. The summed E-state index contributed by atoms with van der Waals surface area (Å²) in [7, 11) is 4.07. The number of benzene rings is 1. The van der Waals surface area contributed by atoms with Crippen molar-refractivity contribution in [3.8, 4) is 0 Å². The molecule has 0 spiro atoms. The Hall–Kier alpha value is -1.95. The molecule has 0 amide bonds. The van der Waals surface area contributed by atoms with E-state index in [0.29, 0.717) is 5.92 Å². The minimum Gasteiger partial charge on any atom is -0.374 e. The van der Waals surface area contributed by atoms with Crippen molar-refractivity contribution < 1.29 is 9.72 Å². The summed E-state index contributed by atoms with van der Waals surface area (Å²) in [6, 6.07) is 4.76. The van der Waals surface area contributed by atoms with Gasteiger partial charge in [0.15, 0.2) is 5.78 Å². The minimum atomic E-state index is -0.507. The number of carbonyl (C=O) groups is 1. The van der Waals surface area contributed by atoms with E-state index in [1.807, 2.05) is 7.05 Å². The Morgan fingerprint density at radius 3 is 2.76 bits per heavy atom. The molecule has 2 rings (SSSR count). The van der Waals surface area contributed by atoms with Gasteiger partial charge in [0.05, 0.1) is 10.5 Å². The van der Waals surface area contributed by atoms with Crippen LogP contribution in [0.25, 0.3) is 0 Å². The Bertz CT molecular complexity index is 559. The molecule has 1 atom stereocenters. The highest BCUT2D eigenvalue weighted by Crippen LogP contribution is 2.26. The smallest absolute Gasteiger partial charge is 0.280 e. The first-order chi connectivity index (χ1) is 9.88. The van der Waals surface area contributed by atoms with E-state index in [0.717, 1.165) is 31.7 Å². The lowest BCUT2D eigenvalue weighted by atomic mass is 10.1. The molecule has 1 aromatic carbocycles. The molecule has 0 aliphatic carbocycles. The number of hydrogen-bond donors (Lipinski definition) is 0. The summed E-state index contributed by atoms with van der Waals surface area (Å²) < 4.78 is 0. The first-order valence-corrected chi connectivity index (χ1v) is 7.07. The lowest BCUT2D eigenvalue weighted by molar-refractivity contribution is -0.385. The number of carbonyl (C=O) groups excluding carboxylic acids is 1. The van der Waals surface area contributed by atoms with Crippen LogP contribution in [0, 0.1) is 16.0 Å². The van der Waals surface area contributed by atoms with Crippen LogP contribution >= 0.6 is 0 Å². The monoisotopic (exact) mass is 291 g/mol. The maximum Gasteiger partial charge on any atom is 0.280 e. The largest absolute Gasteiger partial charge is 0.374 e. The fourth-order valence-electron chi connectivity index (χ4n) is 2.87. The SMILES string of the molecule is CC(=O)c1cc(N(C)CC2CCN(C)C2)ccc1[N+](=O)[O-]. The molecule has 6 heteroatoms. The van der Waals surface area contributed by atoms with Gasteiger partial charge in [-0.3, -0.25) is 14.9 Å². The third kappa shape index (κ3) is 3.58. The number of nitro benzene ring substituents is 1. The van der Waals surface area contributed by atoms with E-state index in [-0.39, 0.29) is 17.0 Å². The van der Waals surface area contributed by atoms with Crippen LogP contribution in [-0.2, 0) is 0 Å². The van der Waals surface area contributed by atoms with Crippen molar-refractivity contribution in [2.75, 3.05) is 38.6 Å². The van der Waals surface area contributed by atoms with Crippen LogP contribution < -0.4 is 4.90 Å². The van der Waals surface area contributed by atoms with E-state index in [2.05, 4.69) is 16.8 Å². The van der Waals surface area contributed by atoms with Crippen molar-refractivity contribution in [2.45, 2.75) is 13.3 Å². The Balaban J connectivity index is 2.17. The molecule has 1 aromatic rings. The number of anilines is 1. The zero-order valence-corrected chi connectivity index (χ0v) is 12.7. The van der Waals surface area contributed by atoms with Gasteiger partial charge < -0.3 is 9.80 Å². The fourth-order valence-corrected chi connectivity index (χ4v) is 2.87. The summed E-state index contributed by atoms with van der Waals surface area (Å²) in [4.78, 5) is 26.4. The zero-order valence-electron chi connectivity index (χ0n) is 12.7. The molecular formula is C15H21N3O3. The summed E-state index contributed by atoms with van der Waals surface area (Å²) in [6.45, 7) is 4.42. The molecule has 1 saturated heterocycles. The molecule has 0 bridgehead atoms. The fraction of sp³-hybridized carbons (Fsp3) is 0.533. The number of rotatable bonds is 5. The second-order valence-electron chi connectivity index (χ2n) is 5.81. The number of ketones is 1. The van der Waals surface area contributed by atoms with E-state index >= 15 is 0 Å². The highest BCUT2D eigenvalue weighted by atomic mass is 16.6. The maximum atomic E-state index is 11.6. The van der Waals surface area contributed by atoms with E-state index in [9.17, 15) is 14.9 Å².